The van der Waals surface area contributed by atoms with E-state index in [2.05, 4.69) is 10.6 Å². The number of aromatic hydroxyl groups is 2. The Morgan fingerprint density at radius 2 is 1.71 bits per heavy atom. The number of hydrogen-bond donors (Lipinski definition) is 4. The minimum atomic E-state index is -1.49. The molecular weight excluding hydrogens is 532 g/mol. The van der Waals surface area contributed by atoms with E-state index in [9.17, 15) is 34.7 Å². The summed E-state index contributed by atoms with van der Waals surface area (Å²) < 4.78 is 10.2. The molecule has 220 valence electrons. The van der Waals surface area contributed by atoms with E-state index >= 15 is 0 Å². The molecule has 0 fully saturated rings. The molecule has 12 nitrogen and oxygen atoms in total. The van der Waals surface area contributed by atoms with Crippen LogP contribution in [0.1, 0.15) is 51.3 Å². The average Bonchev–Trinajstić information content (AvgIpc) is 2.89. The van der Waals surface area contributed by atoms with E-state index in [0.717, 1.165) is 4.90 Å². The molecule has 4 N–H and O–H groups in total. The van der Waals surface area contributed by atoms with Crippen LogP contribution in [0.4, 0.5) is 4.79 Å². The molecule has 12 heteroatoms. The lowest BCUT2D eigenvalue weighted by Crippen LogP contribution is -2.54. The maximum atomic E-state index is 14.0. The Hall–Kier alpha value is -4.79. The van der Waals surface area contributed by atoms with Crippen molar-refractivity contribution in [2.24, 2.45) is 0 Å². The first-order valence-corrected chi connectivity index (χ1v) is 13.0. The van der Waals surface area contributed by atoms with Gasteiger partial charge in [-0.2, -0.15) is 5.26 Å². The Balaban J connectivity index is 2.48. The van der Waals surface area contributed by atoms with Gasteiger partial charge in [-0.3, -0.25) is 14.4 Å². The van der Waals surface area contributed by atoms with Crippen molar-refractivity contribution in [2.45, 2.75) is 58.2 Å². The lowest BCUT2D eigenvalue weighted by molar-refractivity contribution is -0.144. The quantitative estimate of drug-likeness (QED) is 0.221. The van der Waals surface area contributed by atoms with Crippen LogP contribution in [0.3, 0.4) is 0 Å². The van der Waals surface area contributed by atoms with E-state index in [1.165, 1.54) is 30.3 Å². The second kappa shape index (κ2) is 15.1. The van der Waals surface area contributed by atoms with Crippen LogP contribution < -0.4 is 10.6 Å². The number of nitrogens with zero attached hydrogens (tertiary/aromatic N) is 2. The Bertz CT molecular complexity index is 1250. The predicted octanol–water partition coefficient (Wildman–Crippen LogP) is 2.70. The van der Waals surface area contributed by atoms with Gasteiger partial charge in [0.1, 0.15) is 35.7 Å². The van der Waals surface area contributed by atoms with Crippen LogP contribution in [0.25, 0.3) is 0 Å². The third kappa shape index (κ3) is 10.4. The summed E-state index contributed by atoms with van der Waals surface area (Å²) in [4.78, 5) is 52.9. The number of para-hydroxylation sites is 1. The van der Waals surface area contributed by atoms with Gasteiger partial charge in [0.2, 0.25) is 11.8 Å². The van der Waals surface area contributed by atoms with E-state index in [1.807, 2.05) is 6.07 Å². The van der Waals surface area contributed by atoms with Gasteiger partial charge in [0, 0.05) is 18.5 Å². The fraction of sp³-hybridized carbons (Fsp3) is 0.414. The number of carbonyl (C=O) groups is 4. The number of esters is 1. The highest BCUT2D eigenvalue weighted by Gasteiger charge is 2.37. The molecule has 0 spiro atoms. The highest BCUT2D eigenvalue weighted by Crippen LogP contribution is 2.30. The van der Waals surface area contributed by atoms with Crippen molar-refractivity contribution < 1.29 is 38.9 Å². The van der Waals surface area contributed by atoms with Gasteiger partial charge in [0.05, 0.1) is 19.1 Å². The first-order valence-electron chi connectivity index (χ1n) is 13.0. The molecule has 0 heterocycles. The normalized spacial score (nSPS) is 12.3. The summed E-state index contributed by atoms with van der Waals surface area (Å²) in [5, 5.41) is 35.0. The summed E-state index contributed by atoms with van der Waals surface area (Å²) in [6, 6.07) is 10.9. The van der Waals surface area contributed by atoms with Crippen molar-refractivity contribution in [3.63, 3.8) is 0 Å². The van der Waals surface area contributed by atoms with Crippen LogP contribution in [0.15, 0.2) is 48.5 Å². The summed E-state index contributed by atoms with van der Waals surface area (Å²) in [5.41, 5.74) is -0.280. The number of alkyl carbamates (subject to hydrolysis) is 1. The van der Waals surface area contributed by atoms with Crippen molar-refractivity contribution in [1.82, 2.24) is 15.5 Å². The van der Waals surface area contributed by atoms with E-state index in [-0.39, 0.29) is 43.1 Å². The number of phenols is 2. The topological polar surface area (TPSA) is 178 Å². The Kier molecular flexibility index (Phi) is 12.0. The van der Waals surface area contributed by atoms with Crippen LogP contribution in [-0.4, -0.2) is 70.3 Å². The second-order valence-corrected chi connectivity index (χ2v) is 10.0. The third-order valence-electron chi connectivity index (χ3n) is 5.61. The number of benzene rings is 2. The molecule has 0 aliphatic rings. The van der Waals surface area contributed by atoms with Crippen LogP contribution in [-0.2, 0) is 30.3 Å². The monoisotopic (exact) mass is 568 g/mol. The maximum absolute atomic E-state index is 14.0. The number of phenolic OH excluding ortho intramolecular Hbond substituents is 2. The van der Waals surface area contributed by atoms with E-state index in [4.69, 9.17) is 9.47 Å². The van der Waals surface area contributed by atoms with Gasteiger partial charge in [-0.15, -0.1) is 0 Å². The maximum Gasteiger partial charge on any atom is 0.408 e. The Morgan fingerprint density at radius 1 is 1.05 bits per heavy atom. The van der Waals surface area contributed by atoms with Gasteiger partial charge >= 0.3 is 12.1 Å². The van der Waals surface area contributed by atoms with Crippen molar-refractivity contribution in [1.29, 1.82) is 5.26 Å². The highest BCUT2D eigenvalue weighted by molar-refractivity contribution is 5.93. The first kappa shape index (κ1) is 32.4. The van der Waals surface area contributed by atoms with Crippen LogP contribution in [0, 0.1) is 11.3 Å². The molecule has 3 amide bonds. The zero-order chi connectivity index (χ0) is 30.6. The summed E-state index contributed by atoms with van der Waals surface area (Å²) in [6.07, 6.45) is -1.11. The second-order valence-electron chi connectivity index (χ2n) is 10.0. The largest absolute Gasteiger partial charge is 0.508 e. The molecule has 0 bridgehead atoms. The van der Waals surface area contributed by atoms with Gasteiger partial charge in [-0.1, -0.05) is 30.3 Å². The zero-order valence-corrected chi connectivity index (χ0v) is 23.5. The minimum Gasteiger partial charge on any atom is -0.508 e. The zero-order valence-electron chi connectivity index (χ0n) is 23.5. The number of nitriles is 1. The number of ether oxygens (including phenoxy) is 2. The van der Waals surface area contributed by atoms with Gasteiger partial charge < -0.3 is 35.2 Å². The molecule has 0 aromatic heterocycles. The fourth-order valence-corrected chi connectivity index (χ4v) is 3.88. The minimum absolute atomic E-state index is 0.00180. The van der Waals surface area contributed by atoms with Crippen LogP contribution in [0.2, 0.25) is 0 Å². The van der Waals surface area contributed by atoms with Crippen LogP contribution in [0.5, 0.6) is 11.5 Å². The summed E-state index contributed by atoms with van der Waals surface area (Å²) >= 11 is 0. The van der Waals surface area contributed by atoms with Crippen molar-refractivity contribution in [3.8, 4) is 17.6 Å². The van der Waals surface area contributed by atoms with E-state index in [1.54, 1.807) is 45.9 Å². The van der Waals surface area contributed by atoms with E-state index in [0.29, 0.717) is 5.56 Å². The summed E-state index contributed by atoms with van der Waals surface area (Å²) in [7, 11) is 0. The van der Waals surface area contributed by atoms with Crippen molar-refractivity contribution in [2.75, 3.05) is 19.7 Å². The number of rotatable bonds is 12. The molecule has 2 unspecified atom stereocenters. The molecule has 0 saturated carbocycles. The van der Waals surface area contributed by atoms with Gasteiger partial charge in [-0.05, 0) is 51.5 Å². The first-order chi connectivity index (χ1) is 19.4. The summed E-state index contributed by atoms with van der Waals surface area (Å²) in [6.45, 7) is 6.08. The number of carbonyl (C=O) groups excluding carboxylic acids is 4. The Morgan fingerprint density at radius 3 is 2.29 bits per heavy atom. The third-order valence-corrected chi connectivity index (χ3v) is 5.61. The lowest BCUT2D eigenvalue weighted by atomic mass is 9.99. The molecule has 0 aliphatic carbocycles. The smallest absolute Gasteiger partial charge is 0.408 e. The van der Waals surface area contributed by atoms with Gasteiger partial charge in [0.15, 0.2) is 0 Å². The highest BCUT2D eigenvalue weighted by atomic mass is 16.6. The van der Waals surface area contributed by atoms with E-state index < -0.39 is 48.1 Å². The Labute approximate surface area is 238 Å². The van der Waals surface area contributed by atoms with Crippen molar-refractivity contribution in [3.05, 3.63) is 59.7 Å². The number of nitrogens with one attached hydrogen (secondary N) is 2. The summed E-state index contributed by atoms with van der Waals surface area (Å²) in [5.74, 6) is -2.40. The molecule has 2 rings (SSSR count). The molecule has 0 aliphatic heterocycles. The van der Waals surface area contributed by atoms with Crippen molar-refractivity contribution >= 4 is 23.9 Å². The molecule has 0 radical (unpaired) electrons. The molecule has 2 aromatic carbocycles. The molecule has 2 aromatic rings. The van der Waals surface area contributed by atoms with Crippen LogP contribution >= 0.6 is 0 Å². The predicted molar refractivity (Wildman–Crippen MR) is 147 cm³/mol. The molecular formula is C29H36N4O8. The fourth-order valence-electron chi connectivity index (χ4n) is 3.88. The SMILES string of the molecule is CCOC(=O)CCNC(=O)C(c1ccccc1O)N(CC#N)C(=O)C(Cc1ccc(O)cc1)NC(=O)OC(C)(C)C. The standard InChI is InChI=1S/C29H36N4O8/c1-5-40-24(36)14-16-31-26(37)25(21-8-6-7-9-23(21)35)33(17-15-30)27(38)22(32-28(39)41-29(2,3)4)18-19-10-12-20(34)13-11-19/h6-13,22,25,34-35H,5,14,16-18H2,1-4H3,(H,31,37)(H,32,39). The van der Waals surface area contributed by atoms with Gasteiger partial charge in [-0.25, -0.2) is 4.79 Å². The number of hydrogen-bond acceptors (Lipinski definition) is 9. The number of amides is 3. The lowest BCUT2D eigenvalue weighted by Gasteiger charge is -2.33. The molecule has 2 atom stereocenters. The average molecular weight is 569 g/mol. The molecule has 41 heavy (non-hydrogen) atoms. The molecule has 0 saturated heterocycles. The van der Waals surface area contributed by atoms with Gasteiger partial charge in [0.25, 0.3) is 0 Å².